The summed E-state index contributed by atoms with van der Waals surface area (Å²) in [6.07, 6.45) is 2.43. The van der Waals surface area contributed by atoms with E-state index in [-0.39, 0.29) is 106 Å². The van der Waals surface area contributed by atoms with Crippen LogP contribution in [0.4, 0.5) is 0 Å². The summed E-state index contributed by atoms with van der Waals surface area (Å²) in [5.74, 6) is -1.85. The summed E-state index contributed by atoms with van der Waals surface area (Å²) in [4.78, 5) is 20.0. The fourth-order valence-corrected chi connectivity index (χ4v) is 0.207. The van der Waals surface area contributed by atoms with E-state index >= 15 is 0 Å². The normalized spacial score (nSPS) is 7.67. The Bertz CT molecular complexity index is 196. The Morgan fingerprint density at radius 3 is 2.25 bits per heavy atom. The molecule has 0 atom stereocenters. The van der Waals surface area contributed by atoms with Crippen LogP contribution in [-0.2, 0) is 14.3 Å². The van der Waals surface area contributed by atoms with Gasteiger partial charge in [0.15, 0.2) is 0 Å². The first-order chi connectivity index (χ1) is 4.66. The zero-order valence-corrected chi connectivity index (χ0v) is 13.4. The number of aliphatic carboxylic acids is 1. The van der Waals surface area contributed by atoms with E-state index in [1.807, 2.05) is 0 Å². The molecule has 58 valence electrons. The minimum atomic E-state index is -1.17. The molecule has 0 saturated carbocycles. The van der Waals surface area contributed by atoms with E-state index in [9.17, 15) is 9.59 Å². The smallest absolute Gasteiger partial charge is 1.00 e. The van der Waals surface area contributed by atoms with Crippen LogP contribution in [0.25, 0.3) is 0 Å². The third-order valence-corrected chi connectivity index (χ3v) is 0.561. The van der Waals surface area contributed by atoms with Crippen molar-refractivity contribution in [3.8, 4) is 0 Å². The van der Waals surface area contributed by atoms with Crippen LogP contribution in [0.1, 0.15) is 2.85 Å². The maximum atomic E-state index is 10.2. The topological polar surface area (TPSA) is 63.6 Å². The number of esters is 1. The summed E-state index contributed by atoms with van der Waals surface area (Å²) in [7, 11) is 0. The van der Waals surface area contributed by atoms with Gasteiger partial charge in [-0.1, -0.05) is 6.58 Å². The van der Waals surface area contributed by atoms with Crippen molar-refractivity contribution in [1.82, 2.24) is 0 Å². The second-order valence-corrected chi connectivity index (χ2v) is 1.28. The molecular weight excluding hydrogens is 214 g/mol. The van der Waals surface area contributed by atoms with Gasteiger partial charge in [-0.05, 0) is 0 Å². The number of hydrogen-bond acceptors (Lipinski definition) is 3. The Morgan fingerprint density at radius 2 is 1.92 bits per heavy atom. The van der Waals surface area contributed by atoms with Crippen molar-refractivity contribution in [2.75, 3.05) is 0 Å². The van der Waals surface area contributed by atoms with Gasteiger partial charge in [0.25, 0.3) is 0 Å². The molecule has 12 heavy (non-hydrogen) atoms. The fraction of sp³-hybridized carbons (Fsp3) is 0. The maximum Gasteiger partial charge on any atom is 1.00 e. The number of carbonyl (C=O) groups is 2. The van der Waals surface area contributed by atoms with Gasteiger partial charge >= 0.3 is 115 Å². The van der Waals surface area contributed by atoms with Crippen molar-refractivity contribution in [1.29, 1.82) is 0 Å². The van der Waals surface area contributed by atoms with Crippen LogP contribution in [0, 0.1) is 0 Å². The molecule has 0 amide bonds. The second kappa shape index (κ2) is 12.7. The summed E-state index contributed by atoms with van der Waals surface area (Å²) in [6.45, 7) is 3.10. The van der Waals surface area contributed by atoms with Crippen molar-refractivity contribution in [2.45, 2.75) is 0 Å². The molecule has 6 heteroatoms. The zero-order chi connectivity index (χ0) is 7.98. The van der Waals surface area contributed by atoms with Gasteiger partial charge in [-0.2, -0.15) is 0 Å². The molecule has 0 aliphatic rings. The van der Waals surface area contributed by atoms with E-state index in [0.717, 1.165) is 12.3 Å². The number of ether oxygens (including phenoxy) is 1. The third kappa shape index (κ3) is 14.2. The minimum absolute atomic E-state index is 0. The average Bonchev–Trinajstić information content (AvgIpc) is 1.87. The number of rotatable bonds is 3. The number of carboxylic acids is 1. The van der Waals surface area contributed by atoms with E-state index in [2.05, 4.69) is 11.3 Å². The quantitative estimate of drug-likeness (QED) is 0.224. The SMILES string of the molecule is C=CC(=O)OC=CC(=O)O.[H-].[H-].[K+].[K+]. The average molecular weight is 222 g/mol. The van der Waals surface area contributed by atoms with Crippen LogP contribution in [0.3, 0.4) is 0 Å². The van der Waals surface area contributed by atoms with Crippen LogP contribution in [-0.4, -0.2) is 17.0 Å². The summed E-state index contributed by atoms with van der Waals surface area (Å²) in [5.41, 5.74) is 0. The molecule has 0 spiro atoms. The van der Waals surface area contributed by atoms with E-state index in [1.54, 1.807) is 0 Å². The Kier molecular flexibility index (Phi) is 20.4. The molecule has 0 saturated heterocycles. The van der Waals surface area contributed by atoms with Crippen molar-refractivity contribution in [3.05, 3.63) is 25.0 Å². The molecule has 0 aromatic carbocycles. The Morgan fingerprint density at radius 1 is 1.42 bits per heavy atom. The van der Waals surface area contributed by atoms with E-state index in [0.29, 0.717) is 6.08 Å². The van der Waals surface area contributed by atoms with E-state index < -0.39 is 11.9 Å². The van der Waals surface area contributed by atoms with Gasteiger partial charge in [0.1, 0.15) is 6.26 Å². The van der Waals surface area contributed by atoms with E-state index in [4.69, 9.17) is 5.11 Å². The van der Waals surface area contributed by atoms with Crippen LogP contribution in [0.2, 0.25) is 0 Å². The molecule has 1 N–H and O–H groups in total. The second-order valence-electron chi connectivity index (χ2n) is 1.28. The first-order valence-corrected chi connectivity index (χ1v) is 2.39. The van der Waals surface area contributed by atoms with Gasteiger partial charge in [-0.15, -0.1) is 0 Å². The number of hydrogen-bond donors (Lipinski definition) is 1. The van der Waals surface area contributed by atoms with Gasteiger partial charge in [0.05, 0.1) is 6.08 Å². The molecular formula is C6H8K2O4. The molecule has 0 aliphatic carbocycles. The van der Waals surface area contributed by atoms with Crippen LogP contribution >= 0.6 is 0 Å². The molecule has 0 heterocycles. The fourth-order valence-electron chi connectivity index (χ4n) is 0.207. The largest absolute Gasteiger partial charge is 1.00 e. The molecule has 0 aromatic rings. The van der Waals surface area contributed by atoms with Crippen molar-refractivity contribution >= 4 is 11.9 Å². The molecule has 0 bridgehead atoms. The number of carbonyl (C=O) groups excluding carboxylic acids is 1. The van der Waals surface area contributed by atoms with Gasteiger partial charge in [0, 0.05) is 6.08 Å². The standard InChI is InChI=1S/C6H6O4.2K.2H/c1-2-6(9)10-4-3-5(7)8;;;;/h2-4H,1H2,(H,7,8);;;;/q;2*+1;2*-1. The first-order valence-electron chi connectivity index (χ1n) is 2.39. The number of carboxylic acid groups (broad SMARTS) is 1. The van der Waals surface area contributed by atoms with Crippen molar-refractivity contribution < 1.29 is 125 Å². The van der Waals surface area contributed by atoms with Crippen LogP contribution in [0.5, 0.6) is 0 Å². The Labute approximate surface area is 158 Å². The summed E-state index contributed by atoms with van der Waals surface area (Å²) < 4.78 is 4.18. The Hall–Kier alpha value is 1.69. The van der Waals surface area contributed by atoms with Gasteiger partial charge in [0.2, 0.25) is 0 Å². The molecule has 0 aromatic heterocycles. The van der Waals surface area contributed by atoms with Crippen LogP contribution < -0.4 is 103 Å². The van der Waals surface area contributed by atoms with Gasteiger partial charge in [-0.3, -0.25) is 0 Å². The zero-order valence-electron chi connectivity index (χ0n) is 9.11. The first kappa shape index (κ1) is 19.3. The third-order valence-electron chi connectivity index (χ3n) is 0.561. The molecule has 4 nitrogen and oxygen atoms in total. The van der Waals surface area contributed by atoms with Crippen molar-refractivity contribution in [2.24, 2.45) is 0 Å². The summed E-state index contributed by atoms with van der Waals surface area (Å²) in [5, 5.41) is 8.00. The van der Waals surface area contributed by atoms with Crippen LogP contribution in [0.15, 0.2) is 25.0 Å². The van der Waals surface area contributed by atoms with Crippen molar-refractivity contribution in [3.63, 3.8) is 0 Å². The maximum absolute atomic E-state index is 10.2. The minimum Gasteiger partial charge on any atom is -1.00 e. The molecule has 0 rings (SSSR count). The van der Waals surface area contributed by atoms with E-state index in [1.165, 1.54) is 0 Å². The molecule has 0 radical (unpaired) electrons. The molecule has 0 aliphatic heterocycles. The predicted octanol–water partition coefficient (Wildman–Crippen LogP) is -5.45. The summed E-state index contributed by atoms with van der Waals surface area (Å²) >= 11 is 0. The Balaban J connectivity index is -0.0000000675. The molecule has 0 unspecified atom stereocenters. The van der Waals surface area contributed by atoms with Gasteiger partial charge in [-0.25, -0.2) is 9.59 Å². The summed E-state index contributed by atoms with van der Waals surface area (Å²) in [6, 6.07) is 0. The van der Waals surface area contributed by atoms with Gasteiger partial charge < -0.3 is 12.7 Å². The molecule has 0 fully saturated rings. The monoisotopic (exact) mass is 222 g/mol. The predicted molar refractivity (Wildman–Crippen MR) is 35.3 cm³/mol.